The van der Waals surface area contributed by atoms with Crippen molar-refractivity contribution in [3.05, 3.63) is 24.3 Å². The lowest BCUT2D eigenvalue weighted by Gasteiger charge is -2.11. The van der Waals surface area contributed by atoms with E-state index in [-0.39, 0.29) is 5.71 Å². The van der Waals surface area contributed by atoms with E-state index in [0.29, 0.717) is 12.3 Å². The highest BCUT2D eigenvalue weighted by Crippen LogP contribution is 2.15. The van der Waals surface area contributed by atoms with Gasteiger partial charge in [-0.25, -0.2) is 0 Å². The number of ether oxygens (including phenoxy) is 1. The van der Waals surface area contributed by atoms with Crippen molar-refractivity contribution in [1.82, 2.24) is 4.90 Å². The molecule has 0 aliphatic carbocycles. The summed E-state index contributed by atoms with van der Waals surface area (Å²) >= 11 is 0. The van der Waals surface area contributed by atoms with Gasteiger partial charge in [0, 0.05) is 6.54 Å². The van der Waals surface area contributed by atoms with Crippen molar-refractivity contribution in [1.29, 1.82) is 10.5 Å². The minimum Gasteiger partial charge on any atom is -0.492 e. The summed E-state index contributed by atoms with van der Waals surface area (Å²) in [6.45, 7) is 1.46. The van der Waals surface area contributed by atoms with Crippen molar-refractivity contribution in [2.24, 2.45) is 5.10 Å². The van der Waals surface area contributed by atoms with Gasteiger partial charge in [0.05, 0.1) is 5.69 Å². The number of hydrogen-bond donors (Lipinski definition) is 1. The van der Waals surface area contributed by atoms with Gasteiger partial charge in [-0.15, -0.1) is 0 Å². The van der Waals surface area contributed by atoms with Crippen LogP contribution in [0.1, 0.15) is 0 Å². The quantitative estimate of drug-likeness (QED) is 0.615. The van der Waals surface area contributed by atoms with E-state index in [1.165, 1.54) is 0 Å². The maximum absolute atomic E-state index is 8.52. The van der Waals surface area contributed by atoms with Gasteiger partial charge in [-0.05, 0) is 38.4 Å². The van der Waals surface area contributed by atoms with E-state index in [2.05, 4.69) is 10.5 Å². The van der Waals surface area contributed by atoms with E-state index >= 15 is 0 Å². The van der Waals surface area contributed by atoms with Gasteiger partial charge in [0.25, 0.3) is 0 Å². The molecule has 0 spiro atoms. The first-order chi connectivity index (χ1) is 9.15. The highest BCUT2D eigenvalue weighted by atomic mass is 16.5. The Labute approximate surface area is 112 Å². The summed E-state index contributed by atoms with van der Waals surface area (Å²) in [4.78, 5) is 2.04. The average Bonchev–Trinajstić information content (AvgIpc) is 2.41. The number of nitrogens with one attached hydrogen (secondary N) is 1. The molecule has 1 rings (SSSR count). The number of anilines is 1. The zero-order valence-corrected chi connectivity index (χ0v) is 10.9. The van der Waals surface area contributed by atoms with E-state index in [4.69, 9.17) is 15.3 Å². The first-order valence-electron chi connectivity index (χ1n) is 5.67. The molecule has 1 aromatic rings. The first-order valence-corrected chi connectivity index (χ1v) is 5.67. The van der Waals surface area contributed by atoms with Crippen molar-refractivity contribution in [3.8, 4) is 17.9 Å². The molecule has 19 heavy (non-hydrogen) atoms. The Hall–Kier alpha value is -2.57. The third kappa shape index (κ3) is 5.53. The highest BCUT2D eigenvalue weighted by molar-refractivity contribution is 6.10. The van der Waals surface area contributed by atoms with Crippen LogP contribution in [0.25, 0.3) is 0 Å². The minimum absolute atomic E-state index is 0.216. The lowest BCUT2D eigenvalue weighted by atomic mass is 10.3. The SMILES string of the molecule is CN(C)CCOc1ccc(NN=C(C#N)C#N)cc1. The van der Waals surface area contributed by atoms with Crippen LogP contribution in [0.15, 0.2) is 29.4 Å². The van der Waals surface area contributed by atoms with E-state index in [0.717, 1.165) is 12.3 Å². The normalized spacial score (nSPS) is 9.32. The molecule has 1 aromatic carbocycles. The molecule has 0 aliphatic rings. The number of nitriles is 2. The molecule has 0 bridgehead atoms. The molecule has 0 fully saturated rings. The molecule has 0 amide bonds. The lowest BCUT2D eigenvalue weighted by molar-refractivity contribution is 0.261. The van der Waals surface area contributed by atoms with Gasteiger partial charge in [-0.3, -0.25) is 5.43 Å². The van der Waals surface area contributed by atoms with E-state index in [9.17, 15) is 0 Å². The Kier molecular flexibility index (Phi) is 5.87. The van der Waals surface area contributed by atoms with Gasteiger partial charge in [-0.1, -0.05) is 0 Å². The number of benzene rings is 1. The number of hydrogen-bond acceptors (Lipinski definition) is 6. The van der Waals surface area contributed by atoms with Crippen LogP contribution in [0.4, 0.5) is 5.69 Å². The fourth-order valence-electron chi connectivity index (χ4n) is 1.17. The van der Waals surface area contributed by atoms with E-state index in [1.54, 1.807) is 36.4 Å². The molecule has 1 N–H and O–H groups in total. The Morgan fingerprint density at radius 2 is 1.89 bits per heavy atom. The number of hydrazone groups is 1. The standard InChI is InChI=1S/C13H15N5O/c1-18(2)7-8-19-13-5-3-11(4-6-13)16-17-12(9-14)10-15/h3-6,16H,7-8H2,1-2H3. The summed E-state index contributed by atoms with van der Waals surface area (Å²) in [6.07, 6.45) is 0. The molecule has 0 saturated heterocycles. The van der Waals surface area contributed by atoms with Crippen LogP contribution in [0, 0.1) is 22.7 Å². The Balaban J connectivity index is 2.51. The van der Waals surface area contributed by atoms with Gasteiger partial charge in [0.15, 0.2) is 0 Å². The smallest absolute Gasteiger partial charge is 0.237 e. The largest absolute Gasteiger partial charge is 0.492 e. The molecule has 0 radical (unpaired) electrons. The number of nitrogens with zero attached hydrogens (tertiary/aromatic N) is 4. The molecule has 6 nitrogen and oxygen atoms in total. The van der Waals surface area contributed by atoms with Crippen molar-refractivity contribution in [2.75, 3.05) is 32.7 Å². The van der Waals surface area contributed by atoms with Gasteiger partial charge in [-0.2, -0.15) is 15.6 Å². The maximum Gasteiger partial charge on any atom is 0.237 e. The molecule has 6 heteroatoms. The van der Waals surface area contributed by atoms with E-state index in [1.807, 2.05) is 19.0 Å². The summed E-state index contributed by atoms with van der Waals surface area (Å²) in [7, 11) is 3.96. The van der Waals surface area contributed by atoms with Crippen molar-refractivity contribution >= 4 is 11.4 Å². The van der Waals surface area contributed by atoms with Crippen LogP contribution in [-0.2, 0) is 0 Å². The van der Waals surface area contributed by atoms with Gasteiger partial charge in [0.2, 0.25) is 5.71 Å². The monoisotopic (exact) mass is 257 g/mol. The Bertz CT molecular complexity index is 491. The predicted molar refractivity (Wildman–Crippen MR) is 72.8 cm³/mol. The fourth-order valence-corrected chi connectivity index (χ4v) is 1.17. The molecular formula is C13H15N5O. The highest BCUT2D eigenvalue weighted by Gasteiger charge is 1.97. The second-order valence-corrected chi connectivity index (χ2v) is 3.97. The van der Waals surface area contributed by atoms with E-state index < -0.39 is 0 Å². The molecule has 0 saturated carbocycles. The summed E-state index contributed by atoms with van der Waals surface area (Å²) in [6, 6.07) is 10.5. The third-order valence-corrected chi connectivity index (χ3v) is 2.17. The molecule has 0 atom stereocenters. The van der Waals surface area contributed by atoms with Crippen LogP contribution in [-0.4, -0.2) is 37.9 Å². The minimum atomic E-state index is -0.216. The van der Waals surface area contributed by atoms with Crippen molar-refractivity contribution < 1.29 is 4.74 Å². The van der Waals surface area contributed by atoms with Gasteiger partial charge >= 0.3 is 0 Å². The van der Waals surface area contributed by atoms with Crippen molar-refractivity contribution in [2.45, 2.75) is 0 Å². The molecule has 0 aliphatic heterocycles. The Morgan fingerprint density at radius 3 is 2.42 bits per heavy atom. The van der Waals surface area contributed by atoms with Crippen LogP contribution < -0.4 is 10.2 Å². The molecule has 0 unspecified atom stereocenters. The predicted octanol–water partition coefficient (Wildman–Crippen LogP) is 1.44. The third-order valence-electron chi connectivity index (χ3n) is 2.17. The van der Waals surface area contributed by atoms with Crippen LogP contribution in [0.2, 0.25) is 0 Å². The summed E-state index contributed by atoms with van der Waals surface area (Å²) in [5.41, 5.74) is 3.09. The summed E-state index contributed by atoms with van der Waals surface area (Å²) in [5, 5.41) is 20.7. The lowest BCUT2D eigenvalue weighted by Crippen LogP contribution is -2.19. The molecular weight excluding hydrogens is 242 g/mol. The maximum atomic E-state index is 8.52. The zero-order valence-electron chi connectivity index (χ0n) is 10.9. The molecule has 98 valence electrons. The average molecular weight is 257 g/mol. The summed E-state index contributed by atoms with van der Waals surface area (Å²) < 4.78 is 5.53. The van der Waals surface area contributed by atoms with Gasteiger partial charge in [0.1, 0.15) is 24.5 Å². The second kappa shape index (κ2) is 7.70. The molecule has 0 heterocycles. The Morgan fingerprint density at radius 1 is 1.26 bits per heavy atom. The zero-order chi connectivity index (χ0) is 14.1. The van der Waals surface area contributed by atoms with Crippen molar-refractivity contribution in [3.63, 3.8) is 0 Å². The van der Waals surface area contributed by atoms with Crippen LogP contribution in [0.5, 0.6) is 5.75 Å². The fraction of sp³-hybridized carbons (Fsp3) is 0.308. The summed E-state index contributed by atoms with van der Waals surface area (Å²) in [5.74, 6) is 0.761. The number of rotatable bonds is 6. The number of likely N-dealkylation sites (N-methyl/N-ethyl adjacent to an activating group) is 1. The topological polar surface area (TPSA) is 84.4 Å². The van der Waals surface area contributed by atoms with Crippen LogP contribution in [0.3, 0.4) is 0 Å². The van der Waals surface area contributed by atoms with Gasteiger partial charge < -0.3 is 9.64 Å². The van der Waals surface area contributed by atoms with Crippen LogP contribution >= 0.6 is 0 Å². The second-order valence-electron chi connectivity index (χ2n) is 3.97. The molecule has 0 aromatic heterocycles. The first kappa shape index (κ1) is 14.5.